The standard InChI is InChI=1S/C11H20N4S/c1-3-9-5-6-15(7-9)8-10-11(12-4-2)16-14-13-10/h9,12H,3-8H2,1-2H3. The molecule has 0 amide bonds. The third kappa shape index (κ3) is 2.71. The van der Waals surface area contributed by atoms with Gasteiger partial charge in [0, 0.05) is 31.2 Å². The molecule has 0 saturated carbocycles. The summed E-state index contributed by atoms with van der Waals surface area (Å²) in [4.78, 5) is 2.49. The number of nitrogens with zero attached hydrogens (tertiary/aromatic N) is 3. The molecule has 5 heteroatoms. The quantitative estimate of drug-likeness (QED) is 0.856. The predicted molar refractivity (Wildman–Crippen MR) is 67.7 cm³/mol. The van der Waals surface area contributed by atoms with Gasteiger partial charge in [0.05, 0.1) is 0 Å². The lowest BCUT2D eigenvalue weighted by molar-refractivity contribution is 0.311. The second kappa shape index (κ2) is 5.59. The lowest BCUT2D eigenvalue weighted by Crippen LogP contribution is -2.20. The summed E-state index contributed by atoms with van der Waals surface area (Å²) < 4.78 is 4.02. The Morgan fingerprint density at radius 2 is 2.38 bits per heavy atom. The molecule has 2 rings (SSSR count). The van der Waals surface area contributed by atoms with Crippen LogP contribution in [-0.2, 0) is 6.54 Å². The molecular formula is C11H20N4S. The van der Waals surface area contributed by atoms with Crippen LogP contribution < -0.4 is 5.32 Å². The maximum absolute atomic E-state index is 4.21. The van der Waals surface area contributed by atoms with Gasteiger partial charge in [0.25, 0.3) is 0 Å². The van der Waals surface area contributed by atoms with Crippen LogP contribution in [0.15, 0.2) is 0 Å². The van der Waals surface area contributed by atoms with Crippen LogP contribution in [0.1, 0.15) is 32.4 Å². The van der Waals surface area contributed by atoms with Crippen molar-refractivity contribution in [1.82, 2.24) is 14.5 Å². The van der Waals surface area contributed by atoms with Gasteiger partial charge < -0.3 is 5.32 Å². The van der Waals surface area contributed by atoms with Crippen LogP contribution >= 0.6 is 11.5 Å². The Morgan fingerprint density at radius 3 is 3.06 bits per heavy atom. The molecule has 1 fully saturated rings. The predicted octanol–water partition coefficient (Wildman–Crippen LogP) is 2.20. The molecule has 0 aliphatic carbocycles. The summed E-state index contributed by atoms with van der Waals surface area (Å²) in [7, 11) is 0. The fourth-order valence-electron chi connectivity index (χ4n) is 2.21. The van der Waals surface area contributed by atoms with Crippen LogP contribution in [0.2, 0.25) is 0 Å². The molecule has 4 nitrogen and oxygen atoms in total. The van der Waals surface area contributed by atoms with E-state index < -0.39 is 0 Å². The van der Waals surface area contributed by atoms with Gasteiger partial charge in [0.15, 0.2) is 0 Å². The maximum Gasteiger partial charge on any atom is 0.134 e. The number of anilines is 1. The van der Waals surface area contributed by atoms with Crippen molar-refractivity contribution >= 4 is 16.5 Å². The summed E-state index contributed by atoms with van der Waals surface area (Å²) in [6.07, 6.45) is 2.64. The molecule has 0 radical (unpaired) electrons. The van der Waals surface area contributed by atoms with E-state index in [1.165, 1.54) is 37.5 Å². The first-order chi connectivity index (χ1) is 7.83. The number of hydrogen-bond donors (Lipinski definition) is 1. The number of hydrogen-bond acceptors (Lipinski definition) is 5. The third-order valence-corrected chi connectivity index (χ3v) is 3.94. The average Bonchev–Trinajstić information content (AvgIpc) is 2.90. The van der Waals surface area contributed by atoms with Crippen molar-refractivity contribution in [1.29, 1.82) is 0 Å². The molecule has 0 bridgehead atoms. The molecule has 90 valence electrons. The SMILES string of the molecule is CCNc1snnc1CN1CCC(CC)C1. The van der Waals surface area contributed by atoms with E-state index in [1.54, 1.807) is 0 Å². The molecule has 1 saturated heterocycles. The zero-order valence-corrected chi connectivity index (χ0v) is 10.9. The van der Waals surface area contributed by atoms with Gasteiger partial charge in [0.1, 0.15) is 10.7 Å². The zero-order chi connectivity index (χ0) is 11.4. The Kier molecular flexibility index (Phi) is 4.12. The summed E-state index contributed by atoms with van der Waals surface area (Å²) in [5, 5.41) is 8.68. The fraction of sp³-hybridized carbons (Fsp3) is 0.818. The van der Waals surface area contributed by atoms with Crippen molar-refractivity contribution in [2.75, 3.05) is 25.0 Å². The van der Waals surface area contributed by atoms with E-state index in [0.29, 0.717) is 0 Å². The number of likely N-dealkylation sites (tertiary alicyclic amines) is 1. The smallest absolute Gasteiger partial charge is 0.134 e. The minimum Gasteiger partial charge on any atom is -0.374 e. The number of nitrogens with one attached hydrogen (secondary N) is 1. The van der Waals surface area contributed by atoms with Crippen molar-refractivity contribution in [2.45, 2.75) is 33.2 Å². The largest absolute Gasteiger partial charge is 0.374 e. The first kappa shape index (κ1) is 11.8. The van der Waals surface area contributed by atoms with Crippen LogP contribution in [0.4, 0.5) is 5.00 Å². The molecular weight excluding hydrogens is 220 g/mol. The van der Waals surface area contributed by atoms with E-state index in [-0.39, 0.29) is 0 Å². The molecule has 1 aliphatic heterocycles. The first-order valence-corrected chi connectivity index (χ1v) is 6.88. The molecule has 1 N–H and O–H groups in total. The minimum atomic E-state index is 0.883. The van der Waals surface area contributed by atoms with E-state index >= 15 is 0 Å². The van der Waals surface area contributed by atoms with E-state index in [1.807, 2.05) is 0 Å². The van der Waals surface area contributed by atoms with Crippen molar-refractivity contribution < 1.29 is 0 Å². The summed E-state index contributed by atoms with van der Waals surface area (Å²) in [6, 6.07) is 0. The second-order valence-corrected chi connectivity index (χ2v) is 5.13. The molecule has 1 atom stereocenters. The highest BCUT2D eigenvalue weighted by molar-refractivity contribution is 7.10. The summed E-state index contributed by atoms with van der Waals surface area (Å²) in [6.45, 7) is 8.71. The first-order valence-electron chi connectivity index (χ1n) is 6.11. The van der Waals surface area contributed by atoms with Crippen LogP contribution in [0.25, 0.3) is 0 Å². The van der Waals surface area contributed by atoms with Crippen molar-refractivity contribution in [3.63, 3.8) is 0 Å². The van der Waals surface area contributed by atoms with Gasteiger partial charge in [0.2, 0.25) is 0 Å². The van der Waals surface area contributed by atoms with Gasteiger partial charge in [-0.3, -0.25) is 4.90 Å². The van der Waals surface area contributed by atoms with Crippen LogP contribution in [0, 0.1) is 5.92 Å². The highest BCUT2D eigenvalue weighted by atomic mass is 32.1. The van der Waals surface area contributed by atoms with Crippen LogP contribution in [0.3, 0.4) is 0 Å². The molecule has 1 aromatic rings. The van der Waals surface area contributed by atoms with Gasteiger partial charge >= 0.3 is 0 Å². The Balaban J connectivity index is 1.91. The summed E-state index contributed by atoms with van der Waals surface area (Å²) in [5.74, 6) is 0.883. The van der Waals surface area contributed by atoms with Crippen molar-refractivity contribution in [3.8, 4) is 0 Å². The molecule has 0 aromatic carbocycles. The van der Waals surface area contributed by atoms with Crippen molar-refractivity contribution in [3.05, 3.63) is 5.69 Å². The molecule has 2 heterocycles. The van der Waals surface area contributed by atoms with E-state index in [2.05, 4.69) is 33.7 Å². The van der Waals surface area contributed by atoms with Crippen LogP contribution in [0.5, 0.6) is 0 Å². The van der Waals surface area contributed by atoms with Gasteiger partial charge in [-0.05, 0) is 25.8 Å². The Bertz CT molecular complexity index is 326. The normalized spacial score (nSPS) is 21.5. The number of rotatable bonds is 5. The molecule has 0 spiro atoms. The van der Waals surface area contributed by atoms with Gasteiger partial charge in [-0.25, -0.2) is 0 Å². The Morgan fingerprint density at radius 1 is 1.50 bits per heavy atom. The Hall–Kier alpha value is -0.680. The summed E-state index contributed by atoms with van der Waals surface area (Å²) in [5.41, 5.74) is 1.11. The second-order valence-electron chi connectivity index (χ2n) is 4.38. The minimum absolute atomic E-state index is 0.883. The Labute approximate surface area is 101 Å². The monoisotopic (exact) mass is 240 g/mol. The fourth-order valence-corrected chi connectivity index (χ4v) is 2.85. The topological polar surface area (TPSA) is 41.1 Å². The maximum atomic E-state index is 4.21. The molecule has 1 unspecified atom stereocenters. The van der Waals surface area contributed by atoms with Crippen molar-refractivity contribution in [2.24, 2.45) is 5.92 Å². The lowest BCUT2D eigenvalue weighted by atomic mass is 10.1. The number of aromatic nitrogens is 2. The van der Waals surface area contributed by atoms with E-state index in [4.69, 9.17) is 0 Å². The zero-order valence-electron chi connectivity index (χ0n) is 10.1. The summed E-state index contributed by atoms with van der Waals surface area (Å²) >= 11 is 1.47. The van der Waals surface area contributed by atoms with Gasteiger partial charge in [-0.15, -0.1) is 5.10 Å². The highest BCUT2D eigenvalue weighted by Crippen LogP contribution is 2.24. The molecule has 1 aliphatic rings. The highest BCUT2D eigenvalue weighted by Gasteiger charge is 2.22. The van der Waals surface area contributed by atoms with Gasteiger partial charge in [-0.1, -0.05) is 17.8 Å². The molecule has 1 aromatic heterocycles. The lowest BCUT2D eigenvalue weighted by Gasteiger charge is -2.14. The third-order valence-electron chi connectivity index (χ3n) is 3.21. The van der Waals surface area contributed by atoms with Crippen LogP contribution in [-0.4, -0.2) is 34.1 Å². The van der Waals surface area contributed by atoms with E-state index in [9.17, 15) is 0 Å². The van der Waals surface area contributed by atoms with E-state index in [0.717, 1.165) is 29.7 Å². The van der Waals surface area contributed by atoms with Gasteiger partial charge in [-0.2, -0.15) is 0 Å². The average molecular weight is 240 g/mol. The molecule has 16 heavy (non-hydrogen) atoms.